The fourth-order valence-electron chi connectivity index (χ4n) is 1.41. The van der Waals surface area contributed by atoms with Crippen LogP contribution in [-0.2, 0) is 0 Å². The monoisotopic (exact) mass is 180 g/mol. The molecule has 0 aliphatic heterocycles. The van der Waals surface area contributed by atoms with Crippen LogP contribution in [0.2, 0.25) is 0 Å². The van der Waals surface area contributed by atoms with Crippen molar-refractivity contribution in [2.75, 3.05) is 0 Å². The number of rotatable bonds is 6. The quantitative estimate of drug-likeness (QED) is 0.420. The average molecular weight is 180 g/mol. The van der Waals surface area contributed by atoms with Crippen LogP contribution >= 0.6 is 0 Å². The normalized spacial score (nSPS) is 11.2. The minimum atomic E-state index is 0.513. The third-order valence-corrected chi connectivity index (χ3v) is 2.25. The number of unbranched alkanes of at least 4 members (excludes halogenated alkanes) is 5. The summed E-state index contributed by atoms with van der Waals surface area (Å²) in [7, 11) is 0. The molecule has 0 saturated heterocycles. The molecule has 0 aromatic rings. The molecule has 13 heavy (non-hydrogen) atoms. The lowest BCUT2D eigenvalue weighted by Crippen LogP contribution is -2.03. The molecule has 0 radical (unpaired) electrons. The third kappa shape index (κ3) is 11.6. The molecule has 0 bridgehead atoms. The summed E-state index contributed by atoms with van der Waals surface area (Å²) in [5.74, 6) is 2.68. The number of hydrogen-bond acceptors (Lipinski definition) is 0. The van der Waals surface area contributed by atoms with Crippen LogP contribution < -0.4 is 0 Å². The molecule has 0 aromatic carbocycles. The van der Waals surface area contributed by atoms with Gasteiger partial charge in [-0.1, -0.05) is 46.5 Å². The molecule has 0 spiro atoms. The summed E-state index contributed by atoms with van der Waals surface area (Å²) in [4.78, 5) is 0. The predicted molar refractivity (Wildman–Crippen MR) is 60.6 cm³/mol. The molecule has 0 atom stereocenters. The van der Waals surface area contributed by atoms with Crippen molar-refractivity contribution in [1.82, 2.24) is 0 Å². The molecule has 0 aliphatic carbocycles. The first-order valence-electron chi connectivity index (χ1n) is 5.50. The second-order valence-corrected chi connectivity index (χ2v) is 5.03. The molecule has 0 unspecified atom stereocenters. The van der Waals surface area contributed by atoms with E-state index >= 15 is 0 Å². The van der Waals surface area contributed by atoms with E-state index < -0.39 is 0 Å². The molecule has 0 heterocycles. The van der Waals surface area contributed by atoms with E-state index in [9.17, 15) is 0 Å². The van der Waals surface area contributed by atoms with Gasteiger partial charge in [-0.2, -0.15) is 0 Å². The third-order valence-electron chi connectivity index (χ3n) is 2.25. The van der Waals surface area contributed by atoms with Gasteiger partial charge in [0.1, 0.15) is 0 Å². The van der Waals surface area contributed by atoms with E-state index in [2.05, 4.69) is 26.7 Å². The van der Waals surface area contributed by atoms with Gasteiger partial charge in [0, 0.05) is 6.42 Å². The Morgan fingerprint density at radius 2 is 1.46 bits per heavy atom. The van der Waals surface area contributed by atoms with Crippen LogP contribution in [0.4, 0.5) is 0 Å². The van der Waals surface area contributed by atoms with Crippen LogP contribution in [0.25, 0.3) is 0 Å². The van der Waals surface area contributed by atoms with Crippen molar-refractivity contribution in [1.29, 1.82) is 0 Å². The van der Waals surface area contributed by atoms with Crippen LogP contribution in [0.5, 0.6) is 0 Å². The van der Waals surface area contributed by atoms with Gasteiger partial charge >= 0.3 is 0 Å². The van der Waals surface area contributed by atoms with Gasteiger partial charge in [0.25, 0.3) is 0 Å². The molecular weight excluding hydrogens is 156 g/mol. The van der Waals surface area contributed by atoms with E-state index in [4.69, 9.17) is 6.42 Å². The van der Waals surface area contributed by atoms with Gasteiger partial charge in [-0.05, 0) is 18.3 Å². The number of hydrogen-bond donors (Lipinski definition) is 0. The second kappa shape index (κ2) is 7.01. The fraction of sp³-hybridized carbons (Fsp3) is 0.846. The zero-order chi connectivity index (χ0) is 10.2. The average Bonchev–Trinajstić information content (AvgIpc) is 2.01. The van der Waals surface area contributed by atoms with Crippen LogP contribution in [0.1, 0.15) is 65.7 Å². The second-order valence-electron chi connectivity index (χ2n) is 5.03. The molecule has 0 saturated carbocycles. The summed E-state index contributed by atoms with van der Waals surface area (Å²) in [5, 5.41) is 0. The van der Waals surface area contributed by atoms with Crippen molar-refractivity contribution in [3.63, 3.8) is 0 Å². The van der Waals surface area contributed by atoms with Crippen LogP contribution in [0.15, 0.2) is 0 Å². The molecule has 0 aliphatic rings. The highest BCUT2D eigenvalue weighted by Gasteiger charge is 2.08. The van der Waals surface area contributed by atoms with Gasteiger partial charge in [-0.15, -0.1) is 12.3 Å². The molecule has 0 nitrogen and oxygen atoms in total. The van der Waals surface area contributed by atoms with E-state index in [-0.39, 0.29) is 0 Å². The van der Waals surface area contributed by atoms with Crippen LogP contribution in [-0.4, -0.2) is 0 Å². The maximum absolute atomic E-state index is 5.18. The predicted octanol–water partition coefficient (Wildman–Crippen LogP) is 4.40. The molecule has 76 valence electrons. The van der Waals surface area contributed by atoms with E-state index in [1.165, 1.54) is 38.5 Å². The van der Waals surface area contributed by atoms with Crippen molar-refractivity contribution < 1.29 is 0 Å². The van der Waals surface area contributed by atoms with Crippen molar-refractivity contribution >= 4 is 0 Å². The molecule has 0 amide bonds. The van der Waals surface area contributed by atoms with Crippen molar-refractivity contribution in [2.45, 2.75) is 65.7 Å². The Bertz CT molecular complexity index is 142. The lowest BCUT2D eigenvalue weighted by atomic mass is 9.89. The van der Waals surface area contributed by atoms with Crippen LogP contribution in [0.3, 0.4) is 0 Å². The van der Waals surface area contributed by atoms with E-state index in [0.717, 1.165) is 6.42 Å². The molecule has 0 rings (SSSR count). The lowest BCUT2D eigenvalue weighted by Gasteiger charge is -2.17. The molecular formula is C13H24. The highest BCUT2D eigenvalue weighted by Crippen LogP contribution is 2.22. The standard InChI is InChI=1S/C13H24/c1-5-6-7-8-9-10-11-12-13(2,3)4/h1H,6-12H2,2-4H3. The first-order chi connectivity index (χ1) is 6.06. The SMILES string of the molecule is C#CCCCCCCCC(C)(C)C. The fourth-order valence-corrected chi connectivity index (χ4v) is 1.41. The Balaban J connectivity index is 3.05. The van der Waals surface area contributed by atoms with Gasteiger partial charge in [0.15, 0.2) is 0 Å². The van der Waals surface area contributed by atoms with E-state index in [1.807, 2.05) is 0 Å². The first-order valence-corrected chi connectivity index (χ1v) is 5.50. The van der Waals surface area contributed by atoms with Crippen molar-refractivity contribution in [3.05, 3.63) is 0 Å². The molecule has 0 N–H and O–H groups in total. The summed E-state index contributed by atoms with van der Waals surface area (Å²) in [6, 6.07) is 0. The van der Waals surface area contributed by atoms with Gasteiger partial charge in [0.05, 0.1) is 0 Å². The van der Waals surface area contributed by atoms with Gasteiger partial charge in [-0.3, -0.25) is 0 Å². The number of terminal acetylenes is 1. The van der Waals surface area contributed by atoms with Gasteiger partial charge < -0.3 is 0 Å². The summed E-state index contributed by atoms with van der Waals surface area (Å²) in [6.07, 6.45) is 14.1. The Hall–Kier alpha value is -0.440. The zero-order valence-electron chi connectivity index (χ0n) is 9.53. The highest BCUT2D eigenvalue weighted by molar-refractivity contribution is 4.82. The van der Waals surface area contributed by atoms with Gasteiger partial charge in [0.2, 0.25) is 0 Å². The summed E-state index contributed by atoms with van der Waals surface area (Å²) < 4.78 is 0. The van der Waals surface area contributed by atoms with E-state index in [1.54, 1.807) is 0 Å². The van der Waals surface area contributed by atoms with E-state index in [0.29, 0.717) is 5.41 Å². The smallest absolute Gasteiger partial charge is 0.00860 e. The minimum absolute atomic E-state index is 0.513. The highest BCUT2D eigenvalue weighted by atomic mass is 14.1. The Morgan fingerprint density at radius 1 is 0.923 bits per heavy atom. The zero-order valence-corrected chi connectivity index (χ0v) is 9.53. The van der Waals surface area contributed by atoms with Gasteiger partial charge in [-0.25, -0.2) is 0 Å². The summed E-state index contributed by atoms with van der Waals surface area (Å²) in [5.41, 5.74) is 0.513. The Morgan fingerprint density at radius 3 is 2.00 bits per heavy atom. The topological polar surface area (TPSA) is 0 Å². The van der Waals surface area contributed by atoms with Crippen molar-refractivity contribution in [3.8, 4) is 12.3 Å². The summed E-state index contributed by atoms with van der Waals surface area (Å²) >= 11 is 0. The lowest BCUT2D eigenvalue weighted by molar-refractivity contribution is 0.357. The molecule has 0 heteroatoms. The largest absolute Gasteiger partial charge is 0.120 e. The maximum atomic E-state index is 5.18. The molecule has 0 fully saturated rings. The maximum Gasteiger partial charge on any atom is 0.00860 e. The summed E-state index contributed by atoms with van der Waals surface area (Å²) in [6.45, 7) is 6.93. The molecule has 0 aromatic heterocycles. The van der Waals surface area contributed by atoms with Crippen molar-refractivity contribution in [2.24, 2.45) is 5.41 Å². The Kier molecular flexibility index (Phi) is 6.77. The van der Waals surface area contributed by atoms with Crippen LogP contribution in [0, 0.1) is 17.8 Å². The first kappa shape index (κ1) is 12.6. The minimum Gasteiger partial charge on any atom is -0.120 e. The Labute approximate surface area is 84.1 Å².